The Kier molecular flexibility index (Phi) is 12.4. The highest BCUT2D eigenvalue weighted by Gasteiger charge is 2.14. The molecule has 4 rings (SSSR count). The quantitative estimate of drug-likeness (QED) is 0.0723. The van der Waals surface area contributed by atoms with E-state index in [1.165, 1.54) is 74.5 Å². The summed E-state index contributed by atoms with van der Waals surface area (Å²) in [6, 6.07) is 21.6. The summed E-state index contributed by atoms with van der Waals surface area (Å²) in [5, 5.41) is 14.2. The molecular formula is C36H43N5O3. The van der Waals surface area contributed by atoms with Crippen LogP contribution in [0.3, 0.4) is 0 Å². The summed E-state index contributed by atoms with van der Waals surface area (Å²) in [6.07, 6.45) is 15.0. The van der Waals surface area contributed by atoms with E-state index < -0.39 is 0 Å². The molecule has 8 nitrogen and oxygen atoms in total. The molecular weight excluding hydrogens is 550 g/mol. The number of hydrogen-bond donors (Lipinski definition) is 2. The summed E-state index contributed by atoms with van der Waals surface area (Å²) in [7, 11) is 0. The number of nitrogens with one attached hydrogen (secondary N) is 2. The number of hydrogen-bond acceptors (Lipinski definition) is 5. The van der Waals surface area contributed by atoms with E-state index >= 15 is 0 Å². The predicted molar refractivity (Wildman–Crippen MR) is 177 cm³/mol. The minimum absolute atomic E-state index is 0.143. The molecule has 0 saturated carbocycles. The van der Waals surface area contributed by atoms with Crippen molar-refractivity contribution < 1.29 is 9.59 Å². The SMILES string of the molecule is CCCCCCCCCCCCc1ccc(NC(=O)c2ccc(-n3[nH]c(C)c(N=Nc4ccccc4C=O)c3=O)cc2)cc1. The maximum Gasteiger partial charge on any atom is 0.299 e. The first-order chi connectivity index (χ1) is 21.5. The molecule has 1 heterocycles. The van der Waals surface area contributed by atoms with E-state index in [4.69, 9.17) is 0 Å². The Bertz CT molecular complexity index is 1580. The normalized spacial score (nSPS) is 11.2. The fraction of sp³-hybridized carbons (Fsp3) is 0.361. The van der Waals surface area contributed by atoms with Crippen LogP contribution in [-0.4, -0.2) is 22.0 Å². The molecule has 44 heavy (non-hydrogen) atoms. The van der Waals surface area contributed by atoms with Crippen molar-refractivity contribution in [2.24, 2.45) is 10.2 Å². The fourth-order valence-corrected chi connectivity index (χ4v) is 5.16. The molecule has 1 aromatic heterocycles. The minimum Gasteiger partial charge on any atom is -0.322 e. The Morgan fingerprint density at radius 1 is 0.818 bits per heavy atom. The molecule has 0 aliphatic carbocycles. The van der Waals surface area contributed by atoms with E-state index in [-0.39, 0.29) is 17.2 Å². The lowest BCUT2D eigenvalue weighted by atomic mass is 10.0. The van der Waals surface area contributed by atoms with Crippen molar-refractivity contribution in [1.29, 1.82) is 0 Å². The van der Waals surface area contributed by atoms with Gasteiger partial charge in [0, 0.05) is 16.8 Å². The number of nitrogens with zero attached hydrogens (tertiary/aromatic N) is 3. The van der Waals surface area contributed by atoms with Crippen LogP contribution in [0.1, 0.15) is 103 Å². The van der Waals surface area contributed by atoms with Crippen molar-refractivity contribution >= 4 is 29.3 Å². The van der Waals surface area contributed by atoms with Crippen molar-refractivity contribution in [3.8, 4) is 5.69 Å². The molecule has 8 heteroatoms. The number of aryl methyl sites for hydroxylation is 2. The van der Waals surface area contributed by atoms with E-state index in [0.717, 1.165) is 12.1 Å². The maximum atomic E-state index is 13.0. The van der Waals surface area contributed by atoms with Gasteiger partial charge in [0.15, 0.2) is 12.0 Å². The number of H-pyrrole nitrogens is 1. The van der Waals surface area contributed by atoms with Gasteiger partial charge in [0.1, 0.15) is 0 Å². The number of anilines is 1. The molecule has 3 aromatic carbocycles. The van der Waals surface area contributed by atoms with Gasteiger partial charge in [-0.2, -0.15) is 0 Å². The number of aromatic amines is 1. The zero-order valence-electron chi connectivity index (χ0n) is 25.9. The molecule has 1 amide bonds. The number of aldehydes is 1. The van der Waals surface area contributed by atoms with Crippen molar-refractivity contribution in [3.63, 3.8) is 0 Å². The topological polar surface area (TPSA) is 109 Å². The van der Waals surface area contributed by atoms with Crippen molar-refractivity contribution in [1.82, 2.24) is 9.78 Å². The number of carbonyl (C=O) groups excluding carboxylic acids is 2. The Labute approximate surface area is 259 Å². The average Bonchev–Trinajstić information content (AvgIpc) is 3.34. The van der Waals surface area contributed by atoms with Crippen LogP contribution < -0.4 is 10.9 Å². The van der Waals surface area contributed by atoms with Gasteiger partial charge in [0.05, 0.1) is 17.1 Å². The molecule has 230 valence electrons. The monoisotopic (exact) mass is 593 g/mol. The minimum atomic E-state index is -0.384. The van der Waals surface area contributed by atoms with Crippen LogP contribution in [0.2, 0.25) is 0 Å². The summed E-state index contributed by atoms with van der Waals surface area (Å²) in [4.78, 5) is 37.2. The van der Waals surface area contributed by atoms with Crippen LogP contribution in [0.5, 0.6) is 0 Å². The number of benzene rings is 3. The summed E-state index contributed by atoms with van der Waals surface area (Å²) >= 11 is 0. The van der Waals surface area contributed by atoms with Crippen LogP contribution in [0.15, 0.2) is 87.8 Å². The highest BCUT2D eigenvalue weighted by molar-refractivity contribution is 6.04. The first-order valence-electron chi connectivity index (χ1n) is 15.8. The summed E-state index contributed by atoms with van der Waals surface area (Å²) < 4.78 is 1.35. The zero-order chi connectivity index (χ0) is 31.1. The molecule has 0 atom stereocenters. The molecule has 2 N–H and O–H groups in total. The van der Waals surface area contributed by atoms with Crippen LogP contribution >= 0.6 is 0 Å². The van der Waals surface area contributed by atoms with E-state index in [0.29, 0.717) is 34.5 Å². The fourth-order valence-electron chi connectivity index (χ4n) is 5.16. The second-order valence-electron chi connectivity index (χ2n) is 11.2. The van der Waals surface area contributed by atoms with Gasteiger partial charge in [0.2, 0.25) is 0 Å². The Morgan fingerprint density at radius 2 is 1.45 bits per heavy atom. The lowest BCUT2D eigenvalue weighted by molar-refractivity contribution is 0.102. The maximum absolute atomic E-state index is 13.0. The van der Waals surface area contributed by atoms with E-state index in [2.05, 4.69) is 39.7 Å². The third-order valence-corrected chi connectivity index (χ3v) is 7.78. The molecule has 0 saturated heterocycles. The van der Waals surface area contributed by atoms with Gasteiger partial charge in [0.25, 0.3) is 11.5 Å². The van der Waals surface area contributed by atoms with Crippen molar-refractivity contribution in [2.45, 2.75) is 84.5 Å². The Balaban J connectivity index is 1.26. The lowest BCUT2D eigenvalue weighted by Gasteiger charge is -2.08. The highest BCUT2D eigenvalue weighted by atomic mass is 16.2. The molecule has 0 aliphatic rings. The van der Waals surface area contributed by atoms with Crippen LogP contribution in [0, 0.1) is 6.92 Å². The number of amides is 1. The lowest BCUT2D eigenvalue weighted by Crippen LogP contribution is -2.15. The van der Waals surface area contributed by atoms with Gasteiger partial charge in [-0.15, -0.1) is 10.2 Å². The van der Waals surface area contributed by atoms with Crippen molar-refractivity contribution in [2.75, 3.05) is 5.32 Å². The van der Waals surface area contributed by atoms with E-state index in [9.17, 15) is 14.4 Å². The van der Waals surface area contributed by atoms with Crippen LogP contribution in [0.25, 0.3) is 5.69 Å². The number of aromatic nitrogens is 2. The molecule has 4 aromatic rings. The van der Waals surface area contributed by atoms with Gasteiger partial charge >= 0.3 is 0 Å². The molecule has 0 unspecified atom stereocenters. The first-order valence-corrected chi connectivity index (χ1v) is 15.8. The Morgan fingerprint density at radius 3 is 2.11 bits per heavy atom. The second kappa shape index (κ2) is 16.9. The molecule has 0 fully saturated rings. The van der Waals surface area contributed by atoms with Gasteiger partial charge < -0.3 is 5.32 Å². The summed E-state index contributed by atoms with van der Waals surface area (Å²) in [5.41, 5.74) is 4.12. The third kappa shape index (κ3) is 9.20. The van der Waals surface area contributed by atoms with Gasteiger partial charge in [-0.1, -0.05) is 89.0 Å². The van der Waals surface area contributed by atoms with Crippen LogP contribution in [0.4, 0.5) is 17.1 Å². The number of azo groups is 1. The zero-order valence-corrected chi connectivity index (χ0v) is 25.9. The predicted octanol–water partition coefficient (Wildman–Crippen LogP) is 9.42. The third-order valence-electron chi connectivity index (χ3n) is 7.78. The highest BCUT2D eigenvalue weighted by Crippen LogP contribution is 2.22. The van der Waals surface area contributed by atoms with Crippen molar-refractivity contribution in [3.05, 3.63) is 106 Å². The average molecular weight is 594 g/mol. The number of rotatable bonds is 17. The van der Waals surface area contributed by atoms with E-state index in [1.807, 2.05) is 12.1 Å². The first kappa shape index (κ1) is 32.3. The van der Waals surface area contributed by atoms with Gasteiger partial charge in [-0.05, 0) is 73.9 Å². The summed E-state index contributed by atoms with van der Waals surface area (Å²) in [6.45, 7) is 3.98. The smallest absolute Gasteiger partial charge is 0.299 e. The second-order valence-corrected chi connectivity index (χ2v) is 11.2. The number of carbonyl (C=O) groups is 2. The molecule has 0 aliphatic heterocycles. The summed E-state index contributed by atoms with van der Waals surface area (Å²) in [5.74, 6) is -0.225. The largest absolute Gasteiger partial charge is 0.322 e. The standard InChI is InChI=1S/C36H43N5O3/c1-3-4-5-6-7-8-9-10-11-12-15-28-18-22-31(23-19-28)37-35(43)29-20-24-32(25-21-29)41-36(44)34(27(2)40-41)39-38-33-17-14-13-16-30(33)26-42/h13-14,16-26,40H,3-12,15H2,1-2H3,(H,37,43). The number of unbranched alkanes of at least 4 members (excludes halogenated alkanes) is 9. The Hall–Kier alpha value is -4.59. The van der Waals surface area contributed by atoms with E-state index in [1.54, 1.807) is 55.5 Å². The molecule has 0 spiro atoms. The van der Waals surface area contributed by atoms with Gasteiger partial charge in [-0.25, -0.2) is 4.68 Å². The molecule has 0 radical (unpaired) electrons. The molecule has 0 bridgehead atoms. The van der Waals surface area contributed by atoms with Crippen LogP contribution in [-0.2, 0) is 6.42 Å². The van der Waals surface area contributed by atoms with Gasteiger partial charge in [-0.3, -0.25) is 19.5 Å².